The van der Waals surface area contributed by atoms with Crippen molar-refractivity contribution >= 4 is 11.8 Å². The minimum atomic E-state index is -1.02. The van der Waals surface area contributed by atoms with Gasteiger partial charge in [0, 0.05) is 12.7 Å². The highest BCUT2D eigenvalue weighted by atomic mass is 16.4. The van der Waals surface area contributed by atoms with E-state index in [-0.39, 0.29) is 16.4 Å². The Labute approximate surface area is 114 Å². The lowest BCUT2D eigenvalue weighted by Crippen LogP contribution is -2.36. The van der Waals surface area contributed by atoms with E-state index in [1.165, 1.54) is 6.20 Å². The van der Waals surface area contributed by atoms with Gasteiger partial charge >= 0.3 is 5.97 Å². The molecule has 1 aromatic heterocycles. The Morgan fingerprint density at radius 2 is 1.89 bits per heavy atom. The molecule has 0 aliphatic rings. The van der Waals surface area contributed by atoms with Gasteiger partial charge in [-0.15, -0.1) is 0 Å². The molecule has 0 atom stereocenters. The van der Waals surface area contributed by atoms with Gasteiger partial charge in [-0.1, -0.05) is 34.6 Å². The number of carboxylic acids is 1. The van der Waals surface area contributed by atoms with Crippen molar-refractivity contribution in [3.63, 3.8) is 0 Å². The van der Waals surface area contributed by atoms with Crippen LogP contribution in [-0.2, 0) is 0 Å². The molecular weight excluding hydrogens is 242 g/mol. The van der Waals surface area contributed by atoms with E-state index in [1.807, 2.05) is 0 Å². The van der Waals surface area contributed by atoms with Crippen LogP contribution in [0.15, 0.2) is 6.20 Å². The van der Waals surface area contributed by atoms with Crippen molar-refractivity contribution in [3.05, 3.63) is 17.6 Å². The van der Waals surface area contributed by atoms with Gasteiger partial charge in [0.1, 0.15) is 17.2 Å². The zero-order chi connectivity index (χ0) is 14.8. The number of hydrogen-bond acceptors (Lipinski definition) is 4. The molecule has 0 aliphatic carbocycles. The third-order valence-electron chi connectivity index (χ3n) is 3.87. The van der Waals surface area contributed by atoms with Crippen LogP contribution in [0.4, 0.5) is 5.82 Å². The summed E-state index contributed by atoms with van der Waals surface area (Å²) in [7, 11) is 0. The van der Waals surface area contributed by atoms with Gasteiger partial charge in [0.2, 0.25) is 0 Å². The van der Waals surface area contributed by atoms with E-state index in [0.717, 1.165) is 0 Å². The van der Waals surface area contributed by atoms with E-state index in [0.29, 0.717) is 18.2 Å². The Bertz CT molecular complexity index is 476. The van der Waals surface area contributed by atoms with E-state index < -0.39 is 5.97 Å². The predicted octanol–water partition coefficient (Wildman–Crippen LogP) is 2.97. The maximum absolute atomic E-state index is 11.1. The van der Waals surface area contributed by atoms with Crippen molar-refractivity contribution in [2.75, 3.05) is 11.9 Å². The fourth-order valence-corrected chi connectivity index (χ4v) is 1.33. The standard InChI is InChI=1S/C14H23N3O2/c1-9-15-7-10(12(18)19)11(17-9)16-8-14(5,6)13(2,3)4/h7H,8H2,1-6H3,(H,18,19)(H,15,16,17). The smallest absolute Gasteiger partial charge is 0.341 e. The van der Waals surface area contributed by atoms with E-state index in [1.54, 1.807) is 6.92 Å². The number of aromatic carboxylic acids is 1. The number of hydrogen-bond donors (Lipinski definition) is 2. The minimum absolute atomic E-state index is 0.00162. The first-order valence-corrected chi connectivity index (χ1v) is 6.35. The van der Waals surface area contributed by atoms with Crippen molar-refractivity contribution in [2.45, 2.75) is 41.5 Å². The van der Waals surface area contributed by atoms with Crippen molar-refractivity contribution < 1.29 is 9.90 Å². The molecule has 1 aromatic rings. The molecule has 0 aromatic carbocycles. The zero-order valence-corrected chi connectivity index (χ0v) is 12.5. The number of carboxylic acid groups (broad SMARTS) is 1. The summed E-state index contributed by atoms with van der Waals surface area (Å²) in [5.74, 6) is -0.0746. The molecule has 0 amide bonds. The fraction of sp³-hybridized carbons (Fsp3) is 0.643. The van der Waals surface area contributed by atoms with Gasteiger partial charge < -0.3 is 10.4 Å². The average molecular weight is 265 g/mol. The van der Waals surface area contributed by atoms with Gasteiger partial charge in [-0.05, 0) is 17.8 Å². The van der Waals surface area contributed by atoms with Gasteiger partial charge in [0.15, 0.2) is 0 Å². The molecule has 2 N–H and O–H groups in total. The third-order valence-corrected chi connectivity index (χ3v) is 3.87. The lowest BCUT2D eigenvalue weighted by molar-refractivity contribution is 0.0697. The van der Waals surface area contributed by atoms with Crippen molar-refractivity contribution in [2.24, 2.45) is 10.8 Å². The summed E-state index contributed by atoms with van der Waals surface area (Å²) in [6.45, 7) is 13.2. The molecule has 0 aliphatic heterocycles. The first kappa shape index (κ1) is 15.4. The molecule has 0 unspecified atom stereocenters. The van der Waals surface area contributed by atoms with Gasteiger partial charge in [-0.3, -0.25) is 0 Å². The van der Waals surface area contributed by atoms with E-state index in [2.05, 4.69) is 49.9 Å². The lowest BCUT2D eigenvalue weighted by atomic mass is 9.69. The second kappa shape index (κ2) is 5.15. The van der Waals surface area contributed by atoms with E-state index >= 15 is 0 Å². The molecular formula is C14H23N3O2. The van der Waals surface area contributed by atoms with Crippen LogP contribution >= 0.6 is 0 Å². The topological polar surface area (TPSA) is 75.1 Å². The van der Waals surface area contributed by atoms with Gasteiger partial charge in [-0.25, -0.2) is 14.8 Å². The lowest BCUT2D eigenvalue weighted by Gasteiger charge is -2.39. The number of carbonyl (C=O) groups is 1. The summed E-state index contributed by atoms with van der Waals surface area (Å²) >= 11 is 0. The molecule has 1 heterocycles. The Balaban J connectivity index is 2.95. The molecule has 0 spiro atoms. The summed E-state index contributed by atoms with van der Waals surface area (Å²) in [6, 6.07) is 0. The van der Waals surface area contributed by atoms with Crippen molar-refractivity contribution in [3.8, 4) is 0 Å². The summed E-state index contributed by atoms with van der Waals surface area (Å²) in [4.78, 5) is 19.2. The quantitative estimate of drug-likeness (QED) is 0.875. The monoisotopic (exact) mass is 265 g/mol. The molecule has 0 saturated heterocycles. The Kier molecular flexibility index (Phi) is 4.18. The Hall–Kier alpha value is -1.65. The second-order valence-corrected chi connectivity index (χ2v) is 6.47. The third kappa shape index (κ3) is 3.66. The Morgan fingerprint density at radius 3 is 2.37 bits per heavy atom. The highest BCUT2D eigenvalue weighted by Gasteiger charge is 2.32. The first-order valence-electron chi connectivity index (χ1n) is 6.35. The molecule has 5 nitrogen and oxygen atoms in total. The number of rotatable bonds is 4. The van der Waals surface area contributed by atoms with Crippen LogP contribution in [0.3, 0.4) is 0 Å². The number of aromatic nitrogens is 2. The number of nitrogens with one attached hydrogen (secondary N) is 1. The molecule has 5 heteroatoms. The molecule has 0 saturated carbocycles. The first-order chi connectivity index (χ1) is 8.54. The van der Waals surface area contributed by atoms with Gasteiger partial charge in [0.25, 0.3) is 0 Å². The van der Waals surface area contributed by atoms with Crippen LogP contribution < -0.4 is 5.32 Å². The van der Waals surface area contributed by atoms with Crippen LogP contribution in [0.25, 0.3) is 0 Å². The zero-order valence-electron chi connectivity index (χ0n) is 12.5. The number of nitrogens with zero attached hydrogens (tertiary/aromatic N) is 2. The van der Waals surface area contributed by atoms with Crippen molar-refractivity contribution in [1.29, 1.82) is 0 Å². The molecule has 0 bridgehead atoms. The van der Waals surface area contributed by atoms with Crippen LogP contribution in [0.5, 0.6) is 0 Å². The molecule has 106 valence electrons. The van der Waals surface area contributed by atoms with Crippen LogP contribution in [0.1, 0.15) is 50.8 Å². The van der Waals surface area contributed by atoms with Crippen LogP contribution in [0.2, 0.25) is 0 Å². The van der Waals surface area contributed by atoms with E-state index in [9.17, 15) is 4.79 Å². The van der Waals surface area contributed by atoms with Gasteiger partial charge in [-0.2, -0.15) is 0 Å². The predicted molar refractivity (Wildman–Crippen MR) is 75.5 cm³/mol. The highest BCUT2D eigenvalue weighted by Crippen LogP contribution is 2.37. The Morgan fingerprint density at radius 1 is 1.32 bits per heavy atom. The molecule has 0 fully saturated rings. The second-order valence-electron chi connectivity index (χ2n) is 6.47. The molecule has 0 radical (unpaired) electrons. The maximum atomic E-state index is 11.1. The molecule has 1 rings (SSSR count). The average Bonchev–Trinajstić information content (AvgIpc) is 2.24. The summed E-state index contributed by atoms with van der Waals surface area (Å²) < 4.78 is 0. The van der Waals surface area contributed by atoms with Crippen LogP contribution in [-0.4, -0.2) is 27.6 Å². The largest absolute Gasteiger partial charge is 0.477 e. The fourth-order valence-electron chi connectivity index (χ4n) is 1.33. The molecule has 19 heavy (non-hydrogen) atoms. The normalized spacial score (nSPS) is 12.3. The summed E-state index contributed by atoms with van der Waals surface area (Å²) in [6.07, 6.45) is 1.34. The van der Waals surface area contributed by atoms with Gasteiger partial charge in [0.05, 0.1) is 0 Å². The van der Waals surface area contributed by atoms with E-state index in [4.69, 9.17) is 5.11 Å². The SMILES string of the molecule is Cc1ncc(C(=O)O)c(NCC(C)(C)C(C)(C)C)n1. The highest BCUT2D eigenvalue weighted by molar-refractivity contribution is 5.92. The number of aryl methyl sites for hydroxylation is 1. The van der Waals surface area contributed by atoms with Crippen molar-refractivity contribution in [1.82, 2.24) is 9.97 Å². The minimum Gasteiger partial charge on any atom is -0.477 e. The maximum Gasteiger partial charge on any atom is 0.341 e. The van der Waals surface area contributed by atoms with Crippen LogP contribution in [0, 0.1) is 17.8 Å². The summed E-state index contributed by atoms with van der Waals surface area (Å²) in [5, 5.41) is 12.3. The number of anilines is 1. The summed E-state index contributed by atoms with van der Waals surface area (Å²) in [5.41, 5.74) is 0.211.